The summed E-state index contributed by atoms with van der Waals surface area (Å²) < 4.78 is 5.67. The molecule has 1 saturated heterocycles. The number of carbonyl (C=O) groups is 2. The number of nitrogens with one attached hydrogen (secondary N) is 1. The summed E-state index contributed by atoms with van der Waals surface area (Å²) in [7, 11) is 0. The van der Waals surface area contributed by atoms with Gasteiger partial charge in [0.15, 0.2) is 0 Å². The van der Waals surface area contributed by atoms with Crippen molar-refractivity contribution in [3.05, 3.63) is 65.2 Å². The maximum atomic E-state index is 12.5. The number of ether oxygens (including phenoxy) is 1. The molecule has 4 rings (SSSR count). The number of piperazine rings is 1. The van der Waals surface area contributed by atoms with E-state index >= 15 is 0 Å². The maximum Gasteiger partial charge on any atom is 0.239 e. The molecule has 5 nitrogen and oxygen atoms in total. The first-order valence-corrected chi connectivity index (χ1v) is 12.4. The SMILES string of the molecule is CCOc1cccc([C@@H](C)C[C@H]2CC[C@@H](c3ccc(CC(=O)N4CCNC(=O)C4)cc3)C2)c1. The Bertz CT molecular complexity index is 956. The molecule has 1 N–H and O–H groups in total. The summed E-state index contributed by atoms with van der Waals surface area (Å²) in [6.07, 6.45) is 5.31. The molecule has 0 aromatic heterocycles. The van der Waals surface area contributed by atoms with Gasteiger partial charge in [-0.25, -0.2) is 0 Å². The Labute approximate surface area is 197 Å². The lowest BCUT2D eigenvalue weighted by atomic mass is 9.88. The standard InChI is InChI=1S/C28H36N2O3/c1-3-33-26-6-4-5-24(18-26)20(2)15-22-9-12-25(16-22)23-10-7-21(8-11-23)17-28(32)30-14-13-29-27(31)19-30/h4-8,10-11,18,20,22,25H,3,9,12-17,19H2,1-2H3,(H,29,31)/t20-,22+,25+/m0/s1. The van der Waals surface area contributed by atoms with E-state index in [9.17, 15) is 9.59 Å². The zero-order valence-electron chi connectivity index (χ0n) is 19.9. The number of amides is 2. The quantitative estimate of drug-likeness (QED) is 0.639. The predicted octanol–water partition coefficient (Wildman–Crippen LogP) is 4.66. The third kappa shape index (κ3) is 6.16. The molecule has 1 saturated carbocycles. The molecule has 0 spiro atoms. The Balaban J connectivity index is 1.28. The first kappa shape index (κ1) is 23.3. The third-order valence-electron chi connectivity index (χ3n) is 7.16. The van der Waals surface area contributed by atoms with Crippen LogP contribution in [0, 0.1) is 5.92 Å². The molecular weight excluding hydrogens is 412 g/mol. The van der Waals surface area contributed by atoms with Crippen LogP contribution >= 0.6 is 0 Å². The van der Waals surface area contributed by atoms with E-state index < -0.39 is 0 Å². The van der Waals surface area contributed by atoms with Crippen LogP contribution in [0.5, 0.6) is 5.75 Å². The van der Waals surface area contributed by atoms with Gasteiger partial charge < -0.3 is 15.0 Å². The zero-order chi connectivity index (χ0) is 23.2. The van der Waals surface area contributed by atoms with Crippen LogP contribution in [0.1, 0.15) is 68.1 Å². The van der Waals surface area contributed by atoms with Gasteiger partial charge in [0.25, 0.3) is 0 Å². The van der Waals surface area contributed by atoms with Crippen molar-refractivity contribution in [2.75, 3.05) is 26.2 Å². The molecule has 0 unspecified atom stereocenters. The Morgan fingerprint density at radius 1 is 1.18 bits per heavy atom. The van der Waals surface area contributed by atoms with E-state index in [1.807, 2.05) is 13.0 Å². The van der Waals surface area contributed by atoms with Gasteiger partial charge in [-0.15, -0.1) is 0 Å². The molecule has 1 heterocycles. The van der Waals surface area contributed by atoms with E-state index in [4.69, 9.17) is 4.74 Å². The van der Waals surface area contributed by atoms with Gasteiger partial charge in [0, 0.05) is 13.1 Å². The van der Waals surface area contributed by atoms with Crippen LogP contribution in [0.4, 0.5) is 0 Å². The molecule has 0 radical (unpaired) electrons. The second kappa shape index (κ2) is 10.9. The van der Waals surface area contributed by atoms with Crippen molar-refractivity contribution in [2.24, 2.45) is 5.92 Å². The number of rotatable bonds is 8. The maximum absolute atomic E-state index is 12.5. The Hall–Kier alpha value is -2.82. The minimum Gasteiger partial charge on any atom is -0.494 e. The van der Waals surface area contributed by atoms with E-state index in [1.165, 1.54) is 36.8 Å². The van der Waals surface area contributed by atoms with E-state index in [2.05, 4.69) is 54.7 Å². The summed E-state index contributed by atoms with van der Waals surface area (Å²) >= 11 is 0. The normalized spacial score (nSPS) is 21.5. The fraction of sp³-hybridized carbons (Fsp3) is 0.500. The Morgan fingerprint density at radius 3 is 2.76 bits per heavy atom. The Kier molecular flexibility index (Phi) is 7.69. The highest BCUT2D eigenvalue weighted by Crippen LogP contribution is 2.42. The zero-order valence-corrected chi connectivity index (χ0v) is 19.9. The lowest BCUT2D eigenvalue weighted by Crippen LogP contribution is -2.50. The summed E-state index contributed by atoms with van der Waals surface area (Å²) in [6.45, 7) is 6.37. The first-order valence-electron chi connectivity index (χ1n) is 12.4. The number of nitrogens with zero attached hydrogens (tertiary/aromatic N) is 1. The van der Waals surface area contributed by atoms with Gasteiger partial charge in [-0.3, -0.25) is 9.59 Å². The highest BCUT2D eigenvalue weighted by molar-refractivity contribution is 5.86. The minimum absolute atomic E-state index is 0.0286. The van der Waals surface area contributed by atoms with E-state index in [1.54, 1.807) is 4.90 Å². The summed E-state index contributed by atoms with van der Waals surface area (Å²) in [5, 5.41) is 2.76. The van der Waals surface area contributed by atoms with Gasteiger partial charge >= 0.3 is 0 Å². The molecule has 33 heavy (non-hydrogen) atoms. The van der Waals surface area contributed by atoms with Gasteiger partial charge in [0.05, 0.1) is 19.6 Å². The molecule has 2 aromatic rings. The lowest BCUT2D eigenvalue weighted by Gasteiger charge is -2.26. The highest BCUT2D eigenvalue weighted by atomic mass is 16.5. The average molecular weight is 449 g/mol. The van der Waals surface area contributed by atoms with Crippen LogP contribution in [-0.4, -0.2) is 43.0 Å². The molecule has 2 amide bonds. The fourth-order valence-electron chi connectivity index (χ4n) is 5.35. The predicted molar refractivity (Wildman–Crippen MR) is 130 cm³/mol. The topological polar surface area (TPSA) is 58.6 Å². The summed E-state index contributed by atoms with van der Waals surface area (Å²) in [6, 6.07) is 17.1. The van der Waals surface area contributed by atoms with Crippen molar-refractivity contribution in [1.29, 1.82) is 0 Å². The molecule has 0 bridgehead atoms. The number of benzene rings is 2. The van der Waals surface area contributed by atoms with Crippen LogP contribution < -0.4 is 10.1 Å². The van der Waals surface area contributed by atoms with Gasteiger partial charge in [0.2, 0.25) is 11.8 Å². The largest absolute Gasteiger partial charge is 0.494 e. The smallest absolute Gasteiger partial charge is 0.239 e. The van der Waals surface area contributed by atoms with Crippen LogP contribution in [0.3, 0.4) is 0 Å². The molecular formula is C28H36N2O3. The molecule has 3 atom stereocenters. The second-order valence-corrected chi connectivity index (χ2v) is 9.60. The third-order valence-corrected chi connectivity index (χ3v) is 7.16. The first-order chi connectivity index (χ1) is 16.0. The van der Waals surface area contributed by atoms with Crippen LogP contribution in [0.2, 0.25) is 0 Å². The van der Waals surface area contributed by atoms with Crippen LogP contribution in [0.25, 0.3) is 0 Å². The number of hydrogen-bond acceptors (Lipinski definition) is 3. The summed E-state index contributed by atoms with van der Waals surface area (Å²) in [5.41, 5.74) is 3.77. The Morgan fingerprint density at radius 2 is 2.00 bits per heavy atom. The molecule has 1 aliphatic heterocycles. The second-order valence-electron chi connectivity index (χ2n) is 9.60. The summed E-state index contributed by atoms with van der Waals surface area (Å²) in [4.78, 5) is 25.7. The van der Waals surface area contributed by atoms with E-state index in [0.29, 0.717) is 38.0 Å². The van der Waals surface area contributed by atoms with Crippen molar-refractivity contribution >= 4 is 11.8 Å². The number of hydrogen-bond donors (Lipinski definition) is 1. The van der Waals surface area contributed by atoms with Crippen LogP contribution in [0.15, 0.2) is 48.5 Å². The molecule has 5 heteroatoms. The van der Waals surface area contributed by atoms with Gasteiger partial charge in [-0.05, 0) is 79.2 Å². The molecule has 2 aromatic carbocycles. The number of carbonyl (C=O) groups excluding carboxylic acids is 2. The van der Waals surface area contributed by atoms with Gasteiger partial charge in [0.1, 0.15) is 5.75 Å². The monoisotopic (exact) mass is 448 g/mol. The van der Waals surface area contributed by atoms with E-state index in [0.717, 1.165) is 17.2 Å². The molecule has 2 aliphatic rings. The van der Waals surface area contributed by atoms with Crippen LogP contribution in [-0.2, 0) is 16.0 Å². The highest BCUT2D eigenvalue weighted by Gasteiger charge is 2.27. The molecule has 176 valence electrons. The summed E-state index contributed by atoms with van der Waals surface area (Å²) in [5.74, 6) is 2.80. The van der Waals surface area contributed by atoms with Crippen molar-refractivity contribution < 1.29 is 14.3 Å². The fourth-order valence-corrected chi connectivity index (χ4v) is 5.35. The van der Waals surface area contributed by atoms with Crippen molar-refractivity contribution in [2.45, 2.75) is 57.8 Å². The van der Waals surface area contributed by atoms with Crippen molar-refractivity contribution in [3.8, 4) is 5.75 Å². The minimum atomic E-state index is -0.0722. The molecule has 2 fully saturated rings. The van der Waals surface area contributed by atoms with Crippen molar-refractivity contribution in [1.82, 2.24) is 10.2 Å². The lowest BCUT2D eigenvalue weighted by molar-refractivity contribution is -0.137. The average Bonchev–Trinajstić information content (AvgIpc) is 3.28. The van der Waals surface area contributed by atoms with Gasteiger partial charge in [-0.2, -0.15) is 0 Å². The van der Waals surface area contributed by atoms with Gasteiger partial charge in [-0.1, -0.05) is 43.3 Å². The van der Waals surface area contributed by atoms with E-state index in [-0.39, 0.29) is 18.4 Å². The van der Waals surface area contributed by atoms with Crippen molar-refractivity contribution in [3.63, 3.8) is 0 Å². The molecule has 1 aliphatic carbocycles.